The second-order valence-electron chi connectivity index (χ2n) is 6.95. The van der Waals surface area contributed by atoms with Crippen molar-refractivity contribution >= 4 is 0 Å². The van der Waals surface area contributed by atoms with Crippen LogP contribution in [0.15, 0.2) is 18.2 Å². The van der Waals surface area contributed by atoms with Crippen molar-refractivity contribution in [1.82, 2.24) is 10.2 Å². The maximum absolute atomic E-state index is 3.81. The van der Waals surface area contributed by atoms with Crippen molar-refractivity contribution in [2.45, 2.75) is 70.6 Å². The van der Waals surface area contributed by atoms with Crippen LogP contribution < -0.4 is 5.32 Å². The van der Waals surface area contributed by atoms with Crippen molar-refractivity contribution < 1.29 is 0 Å². The Labute approximate surface area is 123 Å². The monoisotopic (exact) mass is 272 g/mol. The normalized spacial score (nSPS) is 30.4. The molecule has 2 atom stereocenters. The van der Waals surface area contributed by atoms with Gasteiger partial charge in [-0.15, -0.1) is 0 Å². The minimum atomic E-state index is 0.710. The van der Waals surface area contributed by atoms with Crippen LogP contribution in [-0.4, -0.2) is 30.1 Å². The second kappa shape index (κ2) is 5.87. The van der Waals surface area contributed by atoms with E-state index in [0.717, 1.165) is 18.6 Å². The van der Waals surface area contributed by atoms with Gasteiger partial charge >= 0.3 is 0 Å². The largest absolute Gasteiger partial charge is 0.310 e. The highest BCUT2D eigenvalue weighted by Gasteiger charge is 2.35. The lowest BCUT2D eigenvalue weighted by molar-refractivity contribution is 0.0482. The van der Waals surface area contributed by atoms with E-state index in [9.17, 15) is 0 Å². The minimum Gasteiger partial charge on any atom is -0.310 e. The van der Waals surface area contributed by atoms with Crippen LogP contribution in [0.3, 0.4) is 0 Å². The summed E-state index contributed by atoms with van der Waals surface area (Å²) in [7, 11) is 2.33. The third-order valence-electron chi connectivity index (χ3n) is 5.22. The molecule has 1 aromatic carbocycles. The maximum atomic E-state index is 3.81. The summed E-state index contributed by atoms with van der Waals surface area (Å²) in [6.45, 7) is 5.41. The van der Waals surface area contributed by atoms with Crippen LogP contribution in [-0.2, 0) is 6.54 Å². The highest BCUT2D eigenvalue weighted by molar-refractivity contribution is 5.28. The van der Waals surface area contributed by atoms with Crippen molar-refractivity contribution in [3.8, 4) is 0 Å². The predicted molar refractivity (Wildman–Crippen MR) is 85.0 cm³/mol. The van der Waals surface area contributed by atoms with Gasteiger partial charge in [-0.3, -0.25) is 0 Å². The van der Waals surface area contributed by atoms with E-state index in [1.165, 1.54) is 48.8 Å². The van der Waals surface area contributed by atoms with E-state index >= 15 is 0 Å². The lowest BCUT2D eigenvalue weighted by atomic mass is 9.82. The molecule has 20 heavy (non-hydrogen) atoms. The van der Waals surface area contributed by atoms with Crippen molar-refractivity contribution in [2.24, 2.45) is 0 Å². The number of fused-ring (bicyclic) bond motifs is 2. The van der Waals surface area contributed by atoms with E-state index in [4.69, 9.17) is 0 Å². The summed E-state index contributed by atoms with van der Waals surface area (Å²) in [4.78, 5) is 2.64. The molecule has 0 amide bonds. The van der Waals surface area contributed by atoms with Gasteiger partial charge in [0.25, 0.3) is 0 Å². The third kappa shape index (κ3) is 3.07. The van der Waals surface area contributed by atoms with Crippen molar-refractivity contribution in [3.05, 3.63) is 34.9 Å². The molecule has 110 valence electrons. The molecule has 2 saturated heterocycles. The molecule has 0 aromatic heterocycles. The fourth-order valence-electron chi connectivity index (χ4n) is 4.22. The molecule has 2 nitrogen and oxygen atoms in total. The third-order valence-corrected chi connectivity index (χ3v) is 5.22. The van der Waals surface area contributed by atoms with E-state index in [0.29, 0.717) is 6.04 Å². The zero-order valence-corrected chi connectivity index (χ0v) is 13.2. The molecule has 0 radical (unpaired) electrons. The fraction of sp³-hybridized carbons (Fsp3) is 0.667. The van der Waals surface area contributed by atoms with Gasteiger partial charge in [-0.25, -0.2) is 0 Å². The van der Waals surface area contributed by atoms with Gasteiger partial charge in [0.05, 0.1) is 0 Å². The van der Waals surface area contributed by atoms with Gasteiger partial charge in [0.1, 0.15) is 0 Å². The minimum absolute atomic E-state index is 0.710. The van der Waals surface area contributed by atoms with Crippen LogP contribution in [0.1, 0.15) is 48.8 Å². The summed E-state index contributed by atoms with van der Waals surface area (Å²) < 4.78 is 0. The Bertz CT molecular complexity index is 434. The first kappa shape index (κ1) is 14.1. The lowest BCUT2D eigenvalue weighted by Crippen LogP contribution is -2.54. The van der Waals surface area contributed by atoms with Gasteiger partial charge in [-0.05, 0) is 52.1 Å². The van der Waals surface area contributed by atoms with Gasteiger partial charge in [0, 0.05) is 24.7 Å². The summed E-state index contributed by atoms with van der Waals surface area (Å²) in [5.74, 6) is 0. The molecule has 1 aromatic rings. The average molecular weight is 272 g/mol. The predicted octanol–water partition coefficient (Wildman–Crippen LogP) is 3.41. The first-order valence-corrected chi connectivity index (χ1v) is 8.14. The van der Waals surface area contributed by atoms with Crippen LogP contribution in [0.2, 0.25) is 0 Å². The van der Waals surface area contributed by atoms with E-state index in [1.54, 1.807) is 0 Å². The zero-order valence-electron chi connectivity index (χ0n) is 13.2. The first-order valence-electron chi connectivity index (χ1n) is 8.14. The van der Waals surface area contributed by atoms with Crippen LogP contribution in [0.25, 0.3) is 0 Å². The molecule has 0 saturated carbocycles. The van der Waals surface area contributed by atoms with Crippen LogP contribution in [0.4, 0.5) is 0 Å². The molecule has 1 N–H and O–H groups in total. The van der Waals surface area contributed by atoms with Crippen molar-refractivity contribution in [3.63, 3.8) is 0 Å². The molecule has 0 spiro atoms. The highest BCUT2D eigenvalue weighted by Crippen LogP contribution is 2.32. The molecular weight excluding hydrogens is 244 g/mol. The zero-order chi connectivity index (χ0) is 14.1. The van der Waals surface area contributed by atoms with Crippen LogP contribution >= 0.6 is 0 Å². The molecule has 2 unspecified atom stereocenters. The van der Waals surface area contributed by atoms with Crippen molar-refractivity contribution in [1.29, 1.82) is 0 Å². The highest BCUT2D eigenvalue weighted by atomic mass is 15.2. The summed E-state index contributed by atoms with van der Waals surface area (Å²) in [5.41, 5.74) is 4.19. The molecule has 2 fully saturated rings. The Kier molecular flexibility index (Phi) is 4.13. The SMILES string of the molecule is Cc1cc(C)cc(CNC2CC3CCCC(C2)N3C)c1. The number of rotatable bonds is 3. The fourth-order valence-corrected chi connectivity index (χ4v) is 4.22. The molecule has 2 heterocycles. The maximum Gasteiger partial charge on any atom is 0.0208 e. The second-order valence-corrected chi connectivity index (χ2v) is 6.95. The van der Waals surface area contributed by atoms with E-state index in [2.05, 4.69) is 49.3 Å². The topological polar surface area (TPSA) is 15.3 Å². The number of aryl methyl sites for hydroxylation is 2. The number of nitrogens with zero attached hydrogens (tertiary/aromatic N) is 1. The summed E-state index contributed by atoms with van der Waals surface area (Å²) in [6.07, 6.45) is 6.89. The number of piperidine rings is 2. The molecule has 2 bridgehead atoms. The van der Waals surface area contributed by atoms with Crippen LogP contribution in [0, 0.1) is 13.8 Å². The first-order chi connectivity index (χ1) is 9.61. The molecule has 2 heteroatoms. The summed E-state index contributed by atoms with van der Waals surface area (Å²) >= 11 is 0. The number of nitrogens with one attached hydrogen (secondary N) is 1. The Morgan fingerprint density at radius 1 is 1.05 bits per heavy atom. The Morgan fingerprint density at radius 2 is 1.65 bits per heavy atom. The smallest absolute Gasteiger partial charge is 0.0208 e. The quantitative estimate of drug-likeness (QED) is 0.907. The van der Waals surface area contributed by atoms with Gasteiger partial charge in [0.15, 0.2) is 0 Å². The number of hydrogen-bond acceptors (Lipinski definition) is 2. The molecule has 0 aliphatic carbocycles. The van der Waals surface area contributed by atoms with Gasteiger partial charge in [0.2, 0.25) is 0 Å². The molecule has 2 aliphatic heterocycles. The molecule has 3 rings (SSSR count). The van der Waals surface area contributed by atoms with Crippen LogP contribution in [0.5, 0.6) is 0 Å². The standard InChI is InChI=1S/C18H28N2/c1-13-7-14(2)9-15(8-13)12-19-16-10-17-5-4-6-18(11-16)20(17)3/h7-9,16-19H,4-6,10-12H2,1-3H3. The Morgan fingerprint density at radius 3 is 2.25 bits per heavy atom. The summed E-state index contributed by atoms with van der Waals surface area (Å²) in [5, 5.41) is 3.81. The van der Waals surface area contributed by atoms with E-state index in [1.807, 2.05) is 0 Å². The average Bonchev–Trinajstić information content (AvgIpc) is 2.35. The Balaban J connectivity index is 1.59. The lowest BCUT2D eigenvalue weighted by Gasteiger charge is -2.47. The Hall–Kier alpha value is -0.860. The van der Waals surface area contributed by atoms with E-state index in [-0.39, 0.29) is 0 Å². The van der Waals surface area contributed by atoms with Gasteiger partial charge in [-0.2, -0.15) is 0 Å². The number of hydrogen-bond donors (Lipinski definition) is 1. The van der Waals surface area contributed by atoms with E-state index < -0.39 is 0 Å². The molecule has 2 aliphatic rings. The van der Waals surface area contributed by atoms with Crippen molar-refractivity contribution in [2.75, 3.05) is 7.05 Å². The molecular formula is C18H28N2. The van der Waals surface area contributed by atoms with Gasteiger partial charge < -0.3 is 10.2 Å². The van der Waals surface area contributed by atoms with Gasteiger partial charge in [-0.1, -0.05) is 35.7 Å². The number of benzene rings is 1. The summed E-state index contributed by atoms with van der Waals surface area (Å²) in [6, 6.07) is 9.23.